The summed E-state index contributed by atoms with van der Waals surface area (Å²) in [6.45, 7) is 6.60. The van der Waals surface area contributed by atoms with E-state index in [4.69, 9.17) is 15.2 Å². The van der Waals surface area contributed by atoms with Gasteiger partial charge in [-0.05, 0) is 36.5 Å². The van der Waals surface area contributed by atoms with Crippen LogP contribution < -0.4 is 15.2 Å². The van der Waals surface area contributed by atoms with Crippen molar-refractivity contribution in [2.45, 2.75) is 38.8 Å². The summed E-state index contributed by atoms with van der Waals surface area (Å²) < 4.78 is 10.9. The molecule has 1 atom stereocenters. The Hall–Kier alpha value is -1.26. The average molecular weight is 276 g/mol. The largest absolute Gasteiger partial charge is 0.454 e. The Labute approximate surface area is 120 Å². The number of benzene rings is 1. The van der Waals surface area contributed by atoms with Gasteiger partial charge in [0, 0.05) is 25.2 Å². The molecule has 1 heterocycles. The van der Waals surface area contributed by atoms with Gasteiger partial charge in [-0.3, -0.25) is 4.90 Å². The summed E-state index contributed by atoms with van der Waals surface area (Å²) in [5.41, 5.74) is 7.32. The second kappa shape index (κ2) is 5.62. The van der Waals surface area contributed by atoms with Crippen molar-refractivity contribution in [2.24, 2.45) is 11.7 Å². The SMILES string of the molecule is CC(C)CN(C1CC1)C(CN)c1ccc2c(c1)OCO2. The van der Waals surface area contributed by atoms with Crippen LogP contribution in [-0.2, 0) is 0 Å². The summed E-state index contributed by atoms with van der Waals surface area (Å²) in [5.74, 6) is 2.34. The van der Waals surface area contributed by atoms with Crippen LogP contribution in [0.25, 0.3) is 0 Å². The molecule has 1 aliphatic carbocycles. The van der Waals surface area contributed by atoms with Crippen molar-refractivity contribution in [1.82, 2.24) is 4.90 Å². The van der Waals surface area contributed by atoms with E-state index in [1.807, 2.05) is 6.07 Å². The molecular formula is C16H24N2O2. The van der Waals surface area contributed by atoms with Crippen LogP contribution in [0.5, 0.6) is 11.5 Å². The smallest absolute Gasteiger partial charge is 0.231 e. The first kappa shape index (κ1) is 13.7. The van der Waals surface area contributed by atoms with Gasteiger partial charge in [-0.25, -0.2) is 0 Å². The minimum atomic E-state index is 0.277. The molecule has 0 saturated heterocycles. The van der Waals surface area contributed by atoms with E-state index in [1.54, 1.807) is 0 Å². The maximum absolute atomic E-state index is 6.08. The third-order valence-electron chi connectivity index (χ3n) is 4.00. The van der Waals surface area contributed by atoms with Crippen molar-refractivity contribution in [2.75, 3.05) is 19.9 Å². The molecule has 0 aromatic heterocycles. The van der Waals surface area contributed by atoms with Crippen molar-refractivity contribution < 1.29 is 9.47 Å². The van der Waals surface area contributed by atoms with Crippen LogP contribution in [0, 0.1) is 5.92 Å². The highest BCUT2D eigenvalue weighted by Crippen LogP contribution is 2.38. The lowest BCUT2D eigenvalue weighted by Crippen LogP contribution is -2.38. The van der Waals surface area contributed by atoms with Crippen molar-refractivity contribution in [3.8, 4) is 11.5 Å². The van der Waals surface area contributed by atoms with Crippen LogP contribution in [0.2, 0.25) is 0 Å². The minimum Gasteiger partial charge on any atom is -0.454 e. The molecule has 0 amide bonds. The summed E-state index contributed by atoms with van der Waals surface area (Å²) in [6.07, 6.45) is 2.60. The Morgan fingerprint density at radius 1 is 1.25 bits per heavy atom. The van der Waals surface area contributed by atoms with Crippen LogP contribution >= 0.6 is 0 Å². The highest BCUT2D eigenvalue weighted by molar-refractivity contribution is 5.45. The molecule has 1 aromatic carbocycles. The van der Waals surface area contributed by atoms with Crippen LogP contribution in [0.4, 0.5) is 0 Å². The molecule has 4 nitrogen and oxygen atoms in total. The number of nitrogens with two attached hydrogens (primary N) is 1. The maximum atomic E-state index is 6.08. The third kappa shape index (κ3) is 2.76. The van der Waals surface area contributed by atoms with E-state index in [2.05, 4.69) is 30.9 Å². The molecule has 0 radical (unpaired) electrons. The quantitative estimate of drug-likeness (QED) is 0.867. The fourth-order valence-corrected chi connectivity index (χ4v) is 2.94. The molecule has 1 aromatic rings. The van der Waals surface area contributed by atoms with Crippen LogP contribution in [0.15, 0.2) is 18.2 Å². The summed E-state index contributed by atoms with van der Waals surface area (Å²) in [5, 5.41) is 0. The molecular weight excluding hydrogens is 252 g/mol. The van der Waals surface area contributed by atoms with E-state index in [0.717, 1.165) is 18.0 Å². The van der Waals surface area contributed by atoms with Crippen LogP contribution in [0.1, 0.15) is 38.3 Å². The molecule has 4 heteroatoms. The van der Waals surface area contributed by atoms with Crippen LogP contribution in [-0.4, -0.2) is 30.8 Å². The zero-order valence-electron chi connectivity index (χ0n) is 12.3. The summed E-state index contributed by atoms with van der Waals surface area (Å²) in [4.78, 5) is 2.57. The second-order valence-electron chi connectivity index (χ2n) is 6.19. The Balaban J connectivity index is 1.84. The third-order valence-corrected chi connectivity index (χ3v) is 4.00. The van der Waals surface area contributed by atoms with E-state index in [1.165, 1.54) is 18.4 Å². The molecule has 2 aliphatic rings. The van der Waals surface area contributed by atoms with Gasteiger partial charge in [-0.1, -0.05) is 19.9 Å². The summed E-state index contributed by atoms with van der Waals surface area (Å²) in [6, 6.07) is 7.20. The highest BCUT2D eigenvalue weighted by Gasteiger charge is 2.34. The van der Waals surface area contributed by atoms with E-state index in [0.29, 0.717) is 25.3 Å². The number of fused-ring (bicyclic) bond motifs is 1. The zero-order valence-corrected chi connectivity index (χ0v) is 12.3. The zero-order chi connectivity index (χ0) is 14.1. The summed E-state index contributed by atoms with van der Waals surface area (Å²) >= 11 is 0. The molecule has 3 rings (SSSR count). The maximum Gasteiger partial charge on any atom is 0.231 e. The monoisotopic (exact) mass is 276 g/mol. The van der Waals surface area contributed by atoms with Gasteiger partial charge in [0.1, 0.15) is 0 Å². The molecule has 2 N–H and O–H groups in total. The highest BCUT2D eigenvalue weighted by atomic mass is 16.7. The number of hydrogen-bond donors (Lipinski definition) is 1. The Bertz CT molecular complexity index is 472. The fourth-order valence-electron chi connectivity index (χ4n) is 2.94. The molecule has 20 heavy (non-hydrogen) atoms. The van der Waals surface area contributed by atoms with Crippen LogP contribution in [0.3, 0.4) is 0 Å². The number of hydrogen-bond acceptors (Lipinski definition) is 4. The second-order valence-corrected chi connectivity index (χ2v) is 6.19. The van der Waals surface area contributed by atoms with Gasteiger partial charge in [0.25, 0.3) is 0 Å². The van der Waals surface area contributed by atoms with Crippen molar-refractivity contribution >= 4 is 0 Å². The molecule has 110 valence electrons. The molecule has 1 unspecified atom stereocenters. The predicted molar refractivity (Wildman–Crippen MR) is 78.9 cm³/mol. The lowest BCUT2D eigenvalue weighted by atomic mass is 10.0. The van der Waals surface area contributed by atoms with Gasteiger partial charge in [-0.2, -0.15) is 0 Å². The average Bonchev–Trinajstić information content (AvgIpc) is 3.16. The Morgan fingerprint density at radius 3 is 2.65 bits per heavy atom. The van der Waals surface area contributed by atoms with Gasteiger partial charge < -0.3 is 15.2 Å². The number of rotatable bonds is 6. The summed E-state index contributed by atoms with van der Waals surface area (Å²) in [7, 11) is 0. The first-order valence-corrected chi connectivity index (χ1v) is 7.54. The van der Waals surface area contributed by atoms with Gasteiger partial charge in [0.05, 0.1) is 0 Å². The van der Waals surface area contributed by atoms with E-state index < -0.39 is 0 Å². The number of ether oxygens (including phenoxy) is 2. The minimum absolute atomic E-state index is 0.277. The normalized spacial score (nSPS) is 18.9. The Morgan fingerprint density at radius 2 is 2.00 bits per heavy atom. The lowest BCUT2D eigenvalue weighted by molar-refractivity contribution is 0.168. The molecule has 1 fully saturated rings. The number of nitrogens with zero attached hydrogens (tertiary/aromatic N) is 1. The predicted octanol–water partition coefficient (Wildman–Crippen LogP) is 2.54. The first-order valence-electron chi connectivity index (χ1n) is 7.54. The van der Waals surface area contributed by atoms with Gasteiger partial charge in [-0.15, -0.1) is 0 Å². The van der Waals surface area contributed by atoms with E-state index in [9.17, 15) is 0 Å². The van der Waals surface area contributed by atoms with Gasteiger partial charge in [0.2, 0.25) is 6.79 Å². The van der Waals surface area contributed by atoms with E-state index >= 15 is 0 Å². The fraction of sp³-hybridized carbons (Fsp3) is 0.625. The van der Waals surface area contributed by atoms with E-state index in [-0.39, 0.29) is 6.04 Å². The van der Waals surface area contributed by atoms with Crippen molar-refractivity contribution in [3.63, 3.8) is 0 Å². The molecule has 0 bridgehead atoms. The molecule has 1 aliphatic heterocycles. The Kier molecular flexibility index (Phi) is 3.85. The standard InChI is InChI=1S/C16H24N2O2/c1-11(2)9-18(13-4-5-13)14(8-17)12-3-6-15-16(7-12)20-10-19-15/h3,6-7,11,13-14H,4-5,8-10,17H2,1-2H3. The molecule has 0 spiro atoms. The molecule has 1 saturated carbocycles. The van der Waals surface area contributed by atoms with Gasteiger partial charge >= 0.3 is 0 Å². The van der Waals surface area contributed by atoms with Crippen molar-refractivity contribution in [3.05, 3.63) is 23.8 Å². The topological polar surface area (TPSA) is 47.7 Å². The lowest BCUT2D eigenvalue weighted by Gasteiger charge is -2.33. The van der Waals surface area contributed by atoms with Gasteiger partial charge in [0.15, 0.2) is 11.5 Å². The first-order chi connectivity index (χ1) is 9.69. The van der Waals surface area contributed by atoms with Crippen molar-refractivity contribution in [1.29, 1.82) is 0 Å².